The summed E-state index contributed by atoms with van der Waals surface area (Å²) in [5.74, 6) is 0.613. The molecule has 0 saturated carbocycles. The molecule has 0 aromatic carbocycles. The molecule has 0 aromatic rings. The minimum Gasteiger partial charge on any atom is -0.376 e. The van der Waals surface area contributed by atoms with E-state index in [4.69, 9.17) is 4.74 Å². The second-order valence-electron chi connectivity index (χ2n) is 2.91. The van der Waals surface area contributed by atoms with Gasteiger partial charge in [-0.15, -0.1) is 0 Å². The maximum absolute atomic E-state index is 5.33. The third kappa shape index (κ3) is 1.01. The maximum atomic E-state index is 5.33. The molecular weight excluding hydrogens is 124 g/mol. The van der Waals surface area contributed by atoms with E-state index >= 15 is 0 Å². The van der Waals surface area contributed by atoms with Crippen molar-refractivity contribution in [3.63, 3.8) is 0 Å². The largest absolute Gasteiger partial charge is 0.376 e. The Morgan fingerprint density at radius 2 is 2.40 bits per heavy atom. The lowest BCUT2D eigenvalue weighted by Gasteiger charge is -1.99. The smallest absolute Gasteiger partial charge is 0.0683 e. The van der Waals surface area contributed by atoms with Crippen molar-refractivity contribution in [3.8, 4) is 0 Å². The van der Waals surface area contributed by atoms with Crippen molar-refractivity contribution in [1.82, 2.24) is 0 Å². The molecule has 0 amide bonds. The van der Waals surface area contributed by atoms with Crippen LogP contribution in [0.5, 0.6) is 0 Å². The molecule has 1 heterocycles. The molecule has 0 aromatic heterocycles. The van der Waals surface area contributed by atoms with Gasteiger partial charge in [-0.1, -0.05) is 18.2 Å². The van der Waals surface area contributed by atoms with Gasteiger partial charge < -0.3 is 4.74 Å². The second-order valence-corrected chi connectivity index (χ2v) is 2.91. The number of rotatable bonds is 0. The average Bonchev–Trinajstić information content (AvgIpc) is 2.28. The standard InChI is InChI=1S/C9H12O/c1-2-4-8-6-10-7-9(8)5-3-1/h2,4-5,8H,1,3,6-7H2. The van der Waals surface area contributed by atoms with Gasteiger partial charge in [-0.05, 0) is 18.4 Å². The molecule has 1 unspecified atom stereocenters. The van der Waals surface area contributed by atoms with E-state index in [0.717, 1.165) is 13.2 Å². The van der Waals surface area contributed by atoms with Crippen LogP contribution in [0.2, 0.25) is 0 Å². The van der Waals surface area contributed by atoms with E-state index in [1.807, 2.05) is 0 Å². The van der Waals surface area contributed by atoms with Gasteiger partial charge in [-0.3, -0.25) is 0 Å². The summed E-state index contributed by atoms with van der Waals surface area (Å²) in [6.07, 6.45) is 9.29. The van der Waals surface area contributed by atoms with Crippen molar-refractivity contribution < 1.29 is 4.74 Å². The van der Waals surface area contributed by atoms with Gasteiger partial charge in [0.05, 0.1) is 13.2 Å². The molecule has 0 spiro atoms. The van der Waals surface area contributed by atoms with Gasteiger partial charge in [0.1, 0.15) is 0 Å². The van der Waals surface area contributed by atoms with E-state index in [2.05, 4.69) is 18.2 Å². The molecule has 2 aliphatic rings. The minimum absolute atomic E-state index is 0.613. The van der Waals surface area contributed by atoms with Crippen molar-refractivity contribution in [1.29, 1.82) is 0 Å². The third-order valence-electron chi connectivity index (χ3n) is 2.15. The summed E-state index contributed by atoms with van der Waals surface area (Å²) in [4.78, 5) is 0. The predicted octanol–water partition coefficient (Wildman–Crippen LogP) is 1.91. The van der Waals surface area contributed by atoms with Crippen LogP contribution in [0.4, 0.5) is 0 Å². The highest BCUT2D eigenvalue weighted by Gasteiger charge is 2.18. The first-order valence-electron chi connectivity index (χ1n) is 3.90. The number of ether oxygens (including phenoxy) is 1. The number of allylic oxidation sites excluding steroid dienone is 2. The van der Waals surface area contributed by atoms with Crippen LogP contribution in [0.3, 0.4) is 0 Å². The number of hydrogen-bond acceptors (Lipinski definition) is 1. The van der Waals surface area contributed by atoms with Crippen LogP contribution in [0.25, 0.3) is 0 Å². The Labute approximate surface area is 61.4 Å². The Balaban J connectivity index is 2.20. The number of hydrogen-bond donors (Lipinski definition) is 0. The quantitative estimate of drug-likeness (QED) is 0.462. The lowest BCUT2D eigenvalue weighted by atomic mass is 10.0. The van der Waals surface area contributed by atoms with Crippen molar-refractivity contribution in [2.24, 2.45) is 5.92 Å². The van der Waals surface area contributed by atoms with Gasteiger partial charge in [-0.2, -0.15) is 0 Å². The van der Waals surface area contributed by atoms with Gasteiger partial charge in [0.2, 0.25) is 0 Å². The molecule has 0 bridgehead atoms. The van der Waals surface area contributed by atoms with Gasteiger partial charge in [-0.25, -0.2) is 0 Å². The van der Waals surface area contributed by atoms with Crippen LogP contribution in [-0.4, -0.2) is 13.2 Å². The highest BCUT2D eigenvalue weighted by atomic mass is 16.5. The zero-order valence-electron chi connectivity index (χ0n) is 6.05. The molecule has 1 aliphatic carbocycles. The van der Waals surface area contributed by atoms with Crippen LogP contribution < -0.4 is 0 Å². The first kappa shape index (κ1) is 6.17. The molecule has 2 rings (SSSR count). The van der Waals surface area contributed by atoms with Crippen LogP contribution in [0.1, 0.15) is 12.8 Å². The summed E-state index contributed by atoms with van der Waals surface area (Å²) in [6.45, 7) is 1.78. The van der Waals surface area contributed by atoms with E-state index < -0.39 is 0 Å². The highest BCUT2D eigenvalue weighted by molar-refractivity contribution is 5.19. The molecule has 54 valence electrons. The van der Waals surface area contributed by atoms with Crippen molar-refractivity contribution in [2.45, 2.75) is 12.8 Å². The van der Waals surface area contributed by atoms with Crippen LogP contribution >= 0.6 is 0 Å². The molecule has 1 heteroatoms. The average molecular weight is 136 g/mol. The highest BCUT2D eigenvalue weighted by Crippen LogP contribution is 2.24. The topological polar surface area (TPSA) is 9.23 Å². The molecule has 1 aliphatic heterocycles. The zero-order valence-corrected chi connectivity index (χ0v) is 6.05. The fourth-order valence-corrected chi connectivity index (χ4v) is 1.53. The van der Waals surface area contributed by atoms with Crippen molar-refractivity contribution in [3.05, 3.63) is 23.8 Å². The normalized spacial score (nSPS) is 31.2. The van der Waals surface area contributed by atoms with Crippen molar-refractivity contribution >= 4 is 0 Å². The first-order valence-corrected chi connectivity index (χ1v) is 3.90. The lowest BCUT2D eigenvalue weighted by Crippen LogP contribution is -1.95. The molecule has 10 heavy (non-hydrogen) atoms. The summed E-state index contributed by atoms with van der Waals surface area (Å²) >= 11 is 0. The van der Waals surface area contributed by atoms with Gasteiger partial charge >= 0.3 is 0 Å². The summed E-state index contributed by atoms with van der Waals surface area (Å²) in [6, 6.07) is 0. The van der Waals surface area contributed by atoms with Crippen LogP contribution in [-0.2, 0) is 4.74 Å². The van der Waals surface area contributed by atoms with Crippen LogP contribution in [0.15, 0.2) is 23.8 Å². The SMILES string of the molecule is C1=CC2COCC2=CCC1. The lowest BCUT2D eigenvalue weighted by molar-refractivity contribution is 0.195. The predicted molar refractivity (Wildman–Crippen MR) is 40.8 cm³/mol. The summed E-state index contributed by atoms with van der Waals surface area (Å²) in [5, 5.41) is 0. The Morgan fingerprint density at radius 1 is 1.40 bits per heavy atom. The summed E-state index contributed by atoms with van der Waals surface area (Å²) in [7, 11) is 0. The summed E-state index contributed by atoms with van der Waals surface area (Å²) < 4.78 is 5.33. The Morgan fingerprint density at radius 3 is 3.40 bits per heavy atom. The Kier molecular flexibility index (Phi) is 1.60. The molecular formula is C9H12O. The fraction of sp³-hybridized carbons (Fsp3) is 0.556. The summed E-state index contributed by atoms with van der Waals surface area (Å²) in [5.41, 5.74) is 1.49. The zero-order chi connectivity index (χ0) is 6.81. The molecule has 1 fully saturated rings. The molecule has 0 radical (unpaired) electrons. The first-order chi connectivity index (χ1) is 4.97. The molecule has 1 saturated heterocycles. The van der Waals surface area contributed by atoms with Crippen LogP contribution in [0, 0.1) is 5.92 Å². The molecule has 0 N–H and O–H groups in total. The maximum Gasteiger partial charge on any atom is 0.0683 e. The van der Waals surface area contributed by atoms with E-state index in [1.165, 1.54) is 18.4 Å². The second kappa shape index (κ2) is 2.59. The Hall–Kier alpha value is -0.560. The van der Waals surface area contributed by atoms with E-state index in [1.54, 1.807) is 0 Å². The van der Waals surface area contributed by atoms with E-state index in [-0.39, 0.29) is 0 Å². The van der Waals surface area contributed by atoms with Gasteiger partial charge in [0, 0.05) is 5.92 Å². The fourth-order valence-electron chi connectivity index (χ4n) is 1.53. The monoisotopic (exact) mass is 136 g/mol. The van der Waals surface area contributed by atoms with Gasteiger partial charge in [0.25, 0.3) is 0 Å². The Bertz CT molecular complexity index is 179. The van der Waals surface area contributed by atoms with Crippen molar-refractivity contribution in [2.75, 3.05) is 13.2 Å². The van der Waals surface area contributed by atoms with Gasteiger partial charge in [0.15, 0.2) is 0 Å². The minimum atomic E-state index is 0.613. The van der Waals surface area contributed by atoms with E-state index in [9.17, 15) is 0 Å². The number of fused-ring (bicyclic) bond motifs is 1. The molecule has 1 atom stereocenters. The third-order valence-corrected chi connectivity index (χ3v) is 2.15. The van der Waals surface area contributed by atoms with E-state index in [0.29, 0.717) is 5.92 Å². The molecule has 1 nitrogen and oxygen atoms in total.